The van der Waals surface area contributed by atoms with Crippen molar-refractivity contribution < 1.29 is 42.2 Å². The molecule has 0 fully saturated rings. The van der Waals surface area contributed by atoms with Gasteiger partial charge in [-0.1, -0.05) is 48.0 Å². The summed E-state index contributed by atoms with van der Waals surface area (Å²) in [5.41, 5.74) is 7.70. The molecule has 39 heavy (non-hydrogen) atoms. The number of carbonyl (C=O) groups excluding carboxylic acids is 2. The van der Waals surface area contributed by atoms with Crippen LogP contribution in [0.5, 0.6) is 0 Å². The standard InChI is InChI=1S/C20H25ClN2O5.C6H6O3S.H2O/c1-4-28-20(25)18-15(11-27-10-9-22)23-12(2)16(19(24)26-3)17(18)13-7-5-6-8-14(13)21;7-10(8,9)6-4-2-1-3-5-6;/h5-8,17,23H,4,9-11,22H2,1-3H3;1-5H,(H,7,8,9);1H2. The number of esters is 2. The summed E-state index contributed by atoms with van der Waals surface area (Å²) < 4.78 is 45.0. The van der Waals surface area contributed by atoms with Gasteiger partial charge in [-0.05, 0) is 37.6 Å². The third-order valence-corrected chi connectivity index (χ3v) is 6.52. The van der Waals surface area contributed by atoms with E-state index in [-0.39, 0.29) is 29.2 Å². The second-order valence-corrected chi connectivity index (χ2v) is 9.68. The molecule has 0 saturated carbocycles. The number of dihydropyridines is 1. The maximum atomic E-state index is 12.9. The molecule has 2 aromatic rings. The molecule has 1 unspecified atom stereocenters. The minimum Gasteiger partial charge on any atom is -0.466 e. The molecule has 0 radical (unpaired) electrons. The third-order valence-electron chi connectivity index (χ3n) is 5.31. The Morgan fingerprint density at radius 1 is 1.05 bits per heavy atom. The molecule has 1 aliphatic rings. The van der Waals surface area contributed by atoms with Gasteiger partial charge in [-0.25, -0.2) is 9.59 Å². The number of carbonyl (C=O) groups is 2. The van der Waals surface area contributed by atoms with Crippen molar-refractivity contribution in [2.24, 2.45) is 5.73 Å². The van der Waals surface area contributed by atoms with Crippen LogP contribution >= 0.6 is 11.6 Å². The summed E-state index contributed by atoms with van der Waals surface area (Å²) >= 11 is 6.42. The number of benzene rings is 2. The van der Waals surface area contributed by atoms with E-state index in [9.17, 15) is 18.0 Å². The Morgan fingerprint density at radius 3 is 2.18 bits per heavy atom. The number of rotatable bonds is 9. The lowest BCUT2D eigenvalue weighted by Gasteiger charge is -2.31. The molecule has 11 nitrogen and oxygen atoms in total. The fourth-order valence-corrected chi connectivity index (χ4v) is 4.46. The molecule has 0 amide bonds. The first-order chi connectivity index (χ1) is 18.1. The Bertz CT molecular complexity index is 1300. The van der Waals surface area contributed by atoms with Crippen molar-refractivity contribution in [1.29, 1.82) is 0 Å². The fourth-order valence-electron chi connectivity index (χ4n) is 3.71. The van der Waals surface area contributed by atoms with Gasteiger partial charge in [-0.2, -0.15) is 8.42 Å². The highest BCUT2D eigenvalue weighted by molar-refractivity contribution is 7.85. The van der Waals surface area contributed by atoms with E-state index < -0.39 is 28.0 Å². The molecule has 0 aromatic heterocycles. The van der Waals surface area contributed by atoms with Crippen molar-refractivity contribution in [3.8, 4) is 0 Å². The molecule has 0 saturated heterocycles. The number of hydrogen-bond acceptors (Lipinski definition) is 9. The van der Waals surface area contributed by atoms with Crippen molar-refractivity contribution in [2.75, 3.05) is 33.5 Å². The van der Waals surface area contributed by atoms with Crippen molar-refractivity contribution in [3.05, 3.63) is 87.7 Å². The number of ether oxygens (including phenoxy) is 3. The molecule has 0 spiro atoms. The minimum absolute atomic E-state index is 0. The molecule has 0 aliphatic carbocycles. The van der Waals surface area contributed by atoms with Gasteiger partial charge in [0.1, 0.15) is 0 Å². The molecule has 0 bridgehead atoms. The zero-order valence-corrected chi connectivity index (χ0v) is 23.3. The third kappa shape index (κ3) is 9.17. The predicted octanol–water partition coefficient (Wildman–Crippen LogP) is 2.37. The van der Waals surface area contributed by atoms with Crippen molar-refractivity contribution in [1.82, 2.24) is 5.32 Å². The second kappa shape index (κ2) is 16.0. The second-order valence-electron chi connectivity index (χ2n) is 7.85. The SMILES string of the molecule is CCOC(=O)C1=C(COCCN)NC(C)=C(C(=O)OC)C1c1ccccc1Cl.O.O=S(=O)(O)c1ccccc1. The molecule has 2 aromatic carbocycles. The van der Waals surface area contributed by atoms with Crippen LogP contribution in [-0.4, -0.2) is 63.9 Å². The maximum Gasteiger partial charge on any atom is 0.336 e. The van der Waals surface area contributed by atoms with E-state index in [0.29, 0.717) is 40.7 Å². The quantitative estimate of drug-likeness (QED) is 0.224. The Kier molecular flexibility index (Phi) is 13.8. The highest BCUT2D eigenvalue weighted by atomic mass is 35.5. The van der Waals surface area contributed by atoms with Crippen LogP contribution in [0.15, 0.2) is 82.0 Å². The Labute approximate surface area is 232 Å². The summed E-state index contributed by atoms with van der Waals surface area (Å²) in [5.74, 6) is -1.86. The Balaban J connectivity index is 0.000000581. The summed E-state index contributed by atoms with van der Waals surface area (Å²) in [7, 11) is -2.71. The molecule has 1 aliphatic heterocycles. The van der Waals surface area contributed by atoms with Crippen LogP contribution in [0.1, 0.15) is 25.3 Å². The van der Waals surface area contributed by atoms with Crippen LogP contribution < -0.4 is 11.1 Å². The molecule has 6 N–H and O–H groups in total. The van der Waals surface area contributed by atoms with E-state index in [1.807, 2.05) is 0 Å². The van der Waals surface area contributed by atoms with Crippen LogP contribution in [0.3, 0.4) is 0 Å². The monoisotopic (exact) mass is 584 g/mol. The highest BCUT2D eigenvalue weighted by Crippen LogP contribution is 2.41. The zero-order chi connectivity index (χ0) is 28.3. The average molecular weight is 585 g/mol. The fraction of sp³-hybridized carbons (Fsp3) is 0.308. The van der Waals surface area contributed by atoms with Crippen LogP contribution in [0.2, 0.25) is 5.02 Å². The van der Waals surface area contributed by atoms with Gasteiger partial charge in [0.15, 0.2) is 0 Å². The maximum absolute atomic E-state index is 12.9. The first-order valence-electron chi connectivity index (χ1n) is 11.6. The molecule has 3 rings (SSSR count). The Hall–Kier alpha value is -3.26. The lowest BCUT2D eigenvalue weighted by Crippen LogP contribution is -2.35. The number of methoxy groups -OCH3 is 1. The topological polar surface area (TPSA) is 186 Å². The first-order valence-corrected chi connectivity index (χ1v) is 13.4. The van der Waals surface area contributed by atoms with E-state index >= 15 is 0 Å². The number of nitrogens with one attached hydrogen (secondary N) is 1. The largest absolute Gasteiger partial charge is 0.466 e. The Morgan fingerprint density at radius 2 is 1.67 bits per heavy atom. The van der Waals surface area contributed by atoms with E-state index in [0.717, 1.165) is 0 Å². The van der Waals surface area contributed by atoms with E-state index in [1.54, 1.807) is 56.3 Å². The van der Waals surface area contributed by atoms with Crippen molar-refractivity contribution in [3.63, 3.8) is 0 Å². The molecule has 1 heterocycles. The summed E-state index contributed by atoms with van der Waals surface area (Å²) in [6.07, 6.45) is 0. The molecule has 13 heteroatoms. The molecular formula is C26H33ClN2O9S. The van der Waals surface area contributed by atoms with Gasteiger partial charge in [-0.3, -0.25) is 4.55 Å². The van der Waals surface area contributed by atoms with Gasteiger partial charge in [0.05, 0.1) is 54.6 Å². The van der Waals surface area contributed by atoms with Gasteiger partial charge in [-0.15, -0.1) is 0 Å². The number of allylic oxidation sites excluding steroid dienone is 1. The summed E-state index contributed by atoms with van der Waals surface area (Å²) in [6.45, 7) is 4.42. The highest BCUT2D eigenvalue weighted by Gasteiger charge is 2.39. The molecule has 214 valence electrons. The molecular weight excluding hydrogens is 552 g/mol. The van der Waals surface area contributed by atoms with Crippen LogP contribution in [-0.2, 0) is 33.9 Å². The normalized spacial score (nSPS) is 14.9. The number of nitrogens with two attached hydrogens (primary N) is 1. The van der Waals surface area contributed by atoms with Gasteiger partial charge in [0.2, 0.25) is 0 Å². The smallest absolute Gasteiger partial charge is 0.336 e. The molecule has 1 atom stereocenters. The number of hydrogen-bond donors (Lipinski definition) is 3. The van der Waals surface area contributed by atoms with Crippen LogP contribution in [0.25, 0.3) is 0 Å². The average Bonchev–Trinajstić information content (AvgIpc) is 2.89. The van der Waals surface area contributed by atoms with Crippen molar-refractivity contribution in [2.45, 2.75) is 24.7 Å². The van der Waals surface area contributed by atoms with Crippen molar-refractivity contribution >= 4 is 33.7 Å². The first kappa shape index (κ1) is 33.8. The zero-order valence-electron chi connectivity index (χ0n) is 21.8. The lowest BCUT2D eigenvalue weighted by molar-refractivity contribution is -0.139. The van der Waals surface area contributed by atoms with Crippen LogP contribution in [0.4, 0.5) is 0 Å². The predicted molar refractivity (Wildman–Crippen MR) is 145 cm³/mol. The van der Waals surface area contributed by atoms with Gasteiger partial charge in [0, 0.05) is 17.3 Å². The van der Waals surface area contributed by atoms with Gasteiger partial charge >= 0.3 is 11.9 Å². The summed E-state index contributed by atoms with van der Waals surface area (Å²) in [6, 6.07) is 14.5. The summed E-state index contributed by atoms with van der Waals surface area (Å²) in [5, 5.41) is 3.52. The van der Waals surface area contributed by atoms with E-state index in [4.69, 9.17) is 36.1 Å². The van der Waals surface area contributed by atoms with E-state index in [2.05, 4.69) is 5.32 Å². The lowest BCUT2D eigenvalue weighted by atomic mass is 9.80. The number of halogens is 1. The van der Waals surface area contributed by atoms with E-state index in [1.165, 1.54) is 19.2 Å². The minimum atomic E-state index is -4.00. The summed E-state index contributed by atoms with van der Waals surface area (Å²) in [4.78, 5) is 25.4. The van der Waals surface area contributed by atoms with Gasteiger partial charge in [0.25, 0.3) is 10.1 Å². The van der Waals surface area contributed by atoms with Crippen LogP contribution in [0, 0.1) is 0 Å². The van der Waals surface area contributed by atoms with Gasteiger partial charge < -0.3 is 30.7 Å².